The molecule has 1 unspecified atom stereocenters. The largest absolute Gasteiger partial charge is 0.419 e. The maximum atomic E-state index is 12.5. The van der Waals surface area contributed by atoms with Crippen LogP contribution in [0.5, 0.6) is 0 Å². The highest BCUT2D eigenvalue weighted by molar-refractivity contribution is 5.99. The van der Waals surface area contributed by atoms with E-state index in [0.717, 1.165) is 4.90 Å². The predicted octanol–water partition coefficient (Wildman–Crippen LogP) is -0.199. The Kier molecular flexibility index (Phi) is 2.69. The lowest BCUT2D eigenvalue weighted by atomic mass is 9.99. The van der Waals surface area contributed by atoms with Crippen molar-refractivity contribution in [1.82, 2.24) is 4.90 Å². The molecule has 0 radical (unpaired) electrons. The molecular formula is C12H15NO7. The first-order valence-corrected chi connectivity index (χ1v) is 6.29. The third-order valence-electron chi connectivity index (χ3n) is 3.52. The lowest BCUT2D eigenvalue weighted by Gasteiger charge is -2.33. The quantitative estimate of drug-likeness (QED) is 0.608. The molecule has 2 amide bonds. The number of carbonyl (C=O) groups is 3. The molecule has 3 rings (SSSR count). The van der Waals surface area contributed by atoms with Gasteiger partial charge in [-0.1, -0.05) is 0 Å². The van der Waals surface area contributed by atoms with Gasteiger partial charge in [0.15, 0.2) is 11.9 Å². The average molecular weight is 285 g/mol. The molecule has 3 heterocycles. The Labute approximate surface area is 114 Å². The van der Waals surface area contributed by atoms with Gasteiger partial charge in [0.25, 0.3) is 5.79 Å². The van der Waals surface area contributed by atoms with Crippen LogP contribution in [0.2, 0.25) is 0 Å². The summed E-state index contributed by atoms with van der Waals surface area (Å²) in [5.74, 6) is -3.71. The topological polar surface area (TPSA) is 91.4 Å². The Morgan fingerprint density at radius 3 is 2.60 bits per heavy atom. The van der Waals surface area contributed by atoms with Gasteiger partial charge in [-0.15, -0.1) is 0 Å². The summed E-state index contributed by atoms with van der Waals surface area (Å²) < 4.78 is 21.5. The summed E-state index contributed by atoms with van der Waals surface area (Å²) in [5.41, 5.74) is 0. The lowest BCUT2D eigenvalue weighted by molar-refractivity contribution is -0.219. The first-order chi connectivity index (χ1) is 9.24. The van der Waals surface area contributed by atoms with Crippen molar-refractivity contribution in [2.75, 3.05) is 13.2 Å². The van der Waals surface area contributed by atoms with Gasteiger partial charge in [-0.2, -0.15) is 0 Å². The van der Waals surface area contributed by atoms with Crippen LogP contribution in [0.15, 0.2) is 0 Å². The second-order valence-corrected chi connectivity index (χ2v) is 5.50. The second-order valence-electron chi connectivity index (χ2n) is 5.50. The molecular weight excluding hydrogens is 270 g/mol. The smallest absolute Gasteiger partial charge is 0.406 e. The summed E-state index contributed by atoms with van der Waals surface area (Å²) in [4.78, 5) is 36.3. The van der Waals surface area contributed by atoms with E-state index < -0.39 is 41.6 Å². The summed E-state index contributed by atoms with van der Waals surface area (Å²) in [7, 11) is 0. The maximum absolute atomic E-state index is 12.5. The summed E-state index contributed by atoms with van der Waals surface area (Å²) in [5, 5.41) is 0. The van der Waals surface area contributed by atoms with Crippen molar-refractivity contribution in [3.8, 4) is 0 Å². The third-order valence-corrected chi connectivity index (χ3v) is 3.52. The van der Waals surface area contributed by atoms with E-state index in [2.05, 4.69) is 0 Å². The molecule has 0 aromatic rings. The van der Waals surface area contributed by atoms with Crippen LogP contribution in [-0.2, 0) is 28.5 Å². The van der Waals surface area contributed by atoms with E-state index in [-0.39, 0.29) is 13.2 Å². The van der Waals surface area contributed by atoms with E-state index in [4.69, 9.17) is 18.9 Å². The Balaban J connectivity index is 1.85. The summed E-state index contributed by atoms with van der Waals surface area (Å²) in [6.45, 7) is 4.39. The number of fused-ring (bicyclic) bond motifs is 1. The molecule has 0 bridgehead atoms. The minimum atomic E-state index is -1.77. The van der Waals surface area contributed by atoms with Gasteiger partial charge < -0.3 is 18.9 Å². The zero-order chi connectivity index (χ0) is 14.7. The number of hydrogen-bond donors (Lipinski definition) is 0. The number of hydrogen-bond acceptors (Lipinski definition) is 7. The molecule has 20 heavy (non-hydrogen) atoms. The van der Waals surface area contributed by atoms with Crippen LogP contribution in [-0.4, -0.2) is 59.6 Å². The van der Waals surface area contributed by atoms with Gasteiger partial charge >= 0.3 is 6.09 Å². The Morgan fingerprint density at radius 2 is 2.00 bits per heavy atom. The highest BCUT2D eigenvalue weighted by atomic mass is 16.8. The van der Waals surface area contributed by atoms with Gasteiger partial charge in [0.1, 0.15) is 12.6 Å². The number of ether oxygens (including phenoxy) is 4. The molecule has 0 saturated carbocycles. The van der Waals surface area contributed by atoms with Crippen molar-refractivity contribution in [1.29, 1.82) is 0 Å². The van der Waals surface area contributed by atoms with Crippen molar-refractivity contribution in [3.05, 3.63) is 0 Å². The van der Waals surface area contributed by atoms with Crippen molar-refractivity contribution in [2.24, 2.45) is 0 Å². The first-order valence-electron chi connectivity index (χ1n) is 6.29. The molecule has 0 aliphatic carbocycles. The summed E-state index contributed by atoms with van der Waals surface area (Å²) in [6.07, 6.45) is -2.28. The van der Waals surface area contributed by atoms with Gasteiger partial charge in [0, 0.05) is 6.92 Å². The van der Waals surface area contributed by atoms with Crippen molar-refractivity contribution >= 4 is 17.8 Å². The SMILES string of the molecule is CC(=O)N1C[C@]2(OCC3OC(C)(C)O[C@H]3C2=O)OC1=O. The highest BCUT2D eigenvalue weighted by Crippen LogP contribution is 2.38. The van der Waals surface area contributed by atoms with E-state index >= 15 is 0 Å². The van der Waals surface area contributed by atoms with Crippen molar-refractivity contribution in [3.63, 3.8) is 0 Å². The second kappa shape index (κ2) is 4.00. The molecule has 0 aromatic heterocycles. The van der Waals surface area contributed by atoms with Crippen LogP contribution in [0.4, 0.5) is 4.79 Å². The summed E-state index contributed by atoms with van der Waals surface area (Å²) in [6, 6.07) is 0. The van der Waals surface area contributed by atoms with E-state index in [1.807, 2.05) is 0 Å². The van der Waals surface area contributed by atoms with Gasteiger partial charge in [-0.05, 0) is 13.8 Å². The van der Waals surface area contributed by atoms with Gasteiger partial charge in [0.2, 0.25) is 11.7 Å². The van der Waals surface area contributed by atoms with E-state index in [1.54, 1.807) is 13.8 Å². The number of Topliss-reactive ketones (excluding diaryl/α,β-unsaturated/α-hetero) is 1. The van der Waals surface area contributed by atoms with E-state index in [1.165, 1.54) is 6.92 Å². The minimum Gasteiger partial charge on any atom is -0.406 e. The van der Waals surface area contributed by atoms with Crippen LogP contribution >= 0.6 is 0 Å². The lowest BCUT2D eigenvalue weighted by Crippen LogP contribution is -2.59. The number of nitrogens with zero attached hydrogens (tertiary/aromatic N) is 1. The zero-order valence-electron chi connectivity index (χ0n) is 11.4. The van der Waals surface area contributed by atoms with Crippen molar-refractivity contribution in [2.45, 2.75) is 44.6 Å². The number of imide groups is 1. The third kappa shape index (κ3) is 1.83. The van der Waals surface area contributed by atoms with Crippen molar-refractivity contribution < 1.29 is 33.3 Å². The van der Waals surface area contributed by atoms with Gasteiger partial charge in [-0.25, -0.2) is 9.69 Å². The van der Waals surface area contributed by atoms with Crippen LogP contribution < -0.4 is 0 Å². The number of ketones is 1. The molecule has 0 N–H and O–H groups in total. The molecule has 110 valence electrons. The Hall–Kier alpha value is -1.51. The Bertz CT molecular complexity index is 502. The van der Waals surface area contributed by atoms with Gasteiger partial charge in [0.05, 0.1) is 6.61 Å². The molecule has 3 aliphatic rings. The number of carbonyl (C=O) groups excluding carboxylic acids is 3. The molecule has 3 aliphatic heterocycles. The maximum Gasteiger partial charge on any atom is 0.419 e. The molecule has 3 fully saturated rings. The molecule has 8 heteroatoms. The monoisotopic (exact) mass is 285 g/mol. The van der Waals surface area contributed by atoms with E-state index in [0.29, 0.717) is 0 Å². The fraction of sp³-hybridized carbons (Fsp3) is 0.750. The van der Waals surface area contributed by atoms with Crippen LogP contribution in [0.3, 0.4) is 0 Å². The molecule has 0 aromatic carbocycles. The fourth-order valence-electron chi connectivity index (χ4n) is 2.63. The normalized spacial score (nSPS) is 39.0. The highest BCUT2D eigenvalue weighted by Gasteiger charge is 2.63. The minimum absolute atomic E-state index is 0.0544. The summed E-state index contributed by atoms with van der Waals surface area (Å²) >= 11 is 0. The number of rotatable bonds is 0. The van der Waals surface area contributed by atoms with Gasteiger partial charge in [-0.3, -0.25) is 9.59 Å². The van der Waals surface area contributed by atoms with Crippen LogP contribution in [0.1, 0.15) is 20.8 Å². The fourth-order valence-corrected chi connectivity index (χ4v) is 2.63. The molecule has 3 saturated heterocycles. The Morgan fingerprint density at radius 1 is 1.30 bits per heavy atom. The first kappa shape index (κ1) is 13.5. The van der Waals surface area contributed by atoms with Crippen LogP contribution in [0.25, 0.3) is 0 Å². The average Bonchev–Trinajstić information content (AvgIpc) is 2.83. The molecule has 8 nitrogen and oxygen atoms in total. The number of amides is 2. The van der Waals surface area contributed by atoms with Crippen LogP contribution in [0, 0.1) is 0 Å². The molecule has 3 atom stereocenters. The standard InChI is InChI=1S/C12H15NO7/c1-6(14)13-5-12(20-10(13)16)9(15)8-7(4-17-12)18-11(2,3)19-8/h7-8H,4-5H2,1-3H3/t7?,8-,12+/m1/s1. The predicted molar refractivity (Wildman–Crippen MR) is 61.4 cm³/mol. The molecule has 1 spiro atoms. The van der Waals surface area contributed by atoms with E-state index in [9.17, 15) is 14.4 Å². The zero-order valence-corrected chi connectivity index (χ0v) is 11.4.